The summed E-state index contributed by atoms with van der Waals surface area (Å²) in [7, 11) is 1.68. The fourth-order valence-electron chi connectivity index (χ4n) is 2.00. The molecule has 0 fully saturated rings. The maximum Gasteiger partial charge on any atom is 0.118 e. The van der Waals surface area contributed by atoms with E-state index in [-0.39, 0.29) is 6.04 Å². The summed E-state index contributed by atoms with van der Waals surface area (Å²) < 4.78 is 10.9. The van der Waals surface area contributed by atoms with E-state index in [9.17, 15) is 0 Å². The minimum absolute atomic E-state index is 0.273. The van der Waals surface area contributed by atoms with E-state index < -0.39 is 0 Å². The monoisotopic (exact) mass is 291 g/mol. The lowest BCUT2D eigenvalue weighted by atomic mass is 10.1. The quantitative estimate of drug-likeness (QED) is 0.836. The second-order valence-electron chi connectivity index (χ2n) is 4.68. The summed E-state index contributed by atoms with van der Waals surface area (Å²) in [5.41, 5.74) is 1.24. The fourth-order valence-corrected chi connectivity index (χ4v) is 2.44. The number of benzene rings is 1. The van der Waals surface area contributed by atoms with E-state index in [0.717, 1.165) is 29.6 Å². The number of furan rings is 1. The first-order valence-electron chi connectivity index (χ1n) is 6.66. The summed E-state index contributed by atoms with van der Waals surface area (Å²) in [6, 6.07) is 12.5. The molecule has 20 heavy (non-hydrogen) atoms. The maximum absolute atomic E-state index is 5.74. The van der Waals surface area contributed by atoms with Crippen LogP contribution in [-0.2, 0) is 12.3 Å². The Balaban J connectivity index is 1.88. The Morgan fingerprint density at radius 3 is 2.50 bits per heavy atom. The van der Waals surface area contributed by atoms with Crippen molar-refractivity contribution in [1.29, 1.82) is 0 Å². The van der Waals surface area contributed by atoms with Crippen molar-refractivity contribution < 1.29 is 9.15 Å². The van der Waals surface area contributed by atoms with Crippen LogP contribution in [0.15, 0.2) is 40.8 Å². The Hall–Kier alpha value is -1.39. The van der Waals surface area contributed by atoms with Gasteiger partial charge in [0, 0.05) is 6.04 Å². The zero-order valence-electron chi connectivity index (χ0n) is 12.2. The van der Waals surface area contributed by atoms with Crippen molar-refractivity contribution in [2.24, 2.45) is 0 Å². The van der Waals surface area contributed by atoms with Crippen LogP contribution in [0.2, 0.25) is 0 Å². The third-order valence-corrected chi connectivity index (χ3v) is 3.78. The van der Waals surface area contributed by atoms with Gasteiger partial charge < -0.3 is 14.5 Å². The normalized spacial score (nSPS) is 12.3. The Labute approximate surface area is 124 Å². The van der Waals surface area contributed by atoms with Crippen molar-refractivity contribution in [2.75, 3.05) is 13.4 Å². The molecule has 0 spiro atoms. The summed E-state index contributed by atoms with van der Waals surface area (Å²) in [5.74, 6) is 3.82. The lowest BCUT2D eigenvalue weighted by Gasteiger charge is -2.13. The standard InChI is InChI=1S/C16H21NO2S/c1-12(13-4-6-14(18-2)7-5-13)17-10-15-8-9-16(19-15)11-20-3/h4-9,12,17H,10-11H2,1-3H3. The number of ether oxygens (including phenoxy) is 1. The van der Waals surface area contributed by atoms with Crippen LogP contribution in [0.5, 0.6) is 5.75 Å². The largest absolute Gasteiger partial charge is 0.497 e. The van der Waals surface area contributed by atoms with Crippen molar-refractivity contribution in [2.45, 2.75) is 25.3 Å². The molecule has 0 bridgehead atoms. The van der Waals surface area contributed by atoms with E-state index in [1.165, 1.54) is 5.56 Å². The van der Waals surface area contributed by atoms with E-state index >= 15 is 0 Å². The van der Waals surface area contributed by atoms with Crippen LogP contribution in [-0.4, -0.2) is 13.4 Å². The first kappa shape index (κ1) is 15.0. The van der Waals surface area contributed by atoms with E-state index in [0.29, 0.717) is 0 Å². The smallest absolute Gasteiger partial charge is 0.118 e. The molecule has 0 aliphatic heterocycles. The highest BCUT2D eigenvalue weighted by Crippen LogP contribution is 2.18. The summed E-state index contributed by atoms with van der Waals surface area (Å²) in [5, 5.41) is 3.47. The second kappa shape index (κ2) is 7.41. The van der Waals surface area contributed by atoms with Crippen molar-refractivity contribution >= 4 is 11.8 Å². The molecule has 0 saturated heterocycles. The minimum Gasteiger partial charge on any atom is -0.497 e. The molecule has 1 N–H and O–H groups in total. The number of thioether (sulfide) groups is 1. The van der Waals surface area contributed by atoms with E-state index in [1.54, 1.807) is 18.9 Å². The minimum atomic E-state index is 0.273. The fraction of sp³-hybridized carbons (Fsp3) is 0.375. The van der Waals surface area contributed by atoms with E-state index in [1.807, 2.05) is 24.3 Å². The van der Waals surface area contributed by atoms with Crippen molar-refractivity contribution in [1.82, 2.24) is 5.32 Å². The molecule has 1 aromatic heterocycles. The van der Waals surface area contributed by atoms with Crippen LogP contribution in [0.4, 0.5) is 0 Å². The first-order valence-corrected chi connectivity index (χ1v) is 8.06. The average molecular weight is 291 g/mol. The van der Waals surface area contributed by atoms with Gasteiger partial charge in [0.15, 0.2) is 0 Å². The van der Waals surface area contributed by atoms with Gasteiger partial charge in [0.2, 0.25) is 0 Å². The van der Waals surface area contributed by atoms with Crippen LogP contribution in [0.25, 0.3) is 0 Å². The molecule has 1 unspecified atom stereocenters. The summed E-state index contributed by atoms with van der Waals surface area (Å²) in [6.45, 7) is 2.88. The highest BCUT2D eigenvalue weighted by atomic mass is 32.2. The van der Waals surface area contributed by atoms with Crippen molar-refractivity contribution in [3.63, 3.8) is 0 Å². The zero-order chi connectivity index (χ0) is 14.4. The van der Waals surface area contributed by atoms with E-state index in [4.69, 9.17) is 9.15 Å². The number of rotatable bonds is 7. The molecule has 4 heteroatoms. The van der Waals surface area contributed by atoms with Crippen LogP contribution >= 0.6 is 11.8 Å². The molecule has 1 aromatic carbocycles. The molecule has 0 saturated carbocycles. The lowest BCUT2D eigenvalue weighted by Crippen LogP contribution is -2.17. The van der Waals surface area contributed by atoms with Gasteiger partial charge in [-0.1, -0.05) is 12.1 Å². The topological polar surface area (TPSA) is 34.4 Å². The molecule has 1 heterocycles. The van der Waals surface area contributed by atoms with Crippen LogP contribution in [0.1, 0.15) is 30.0 Å². The van der Waals surface area contributed by atoms with Gasteiger partial charge in [0.1, 0.15) is 17.3 Å². The number of methoxy groups -OCH3 is 1. The van der Waals surface area contributed by atoms with Crippen molar-refractivity contribution in [3.8, 4) is 5.75 Å². The van der Waals surface area contributed by atoms with Gasteiger partial charge in [-0.15, -0.1) is 0 Å². The molecule has 0 aliphatic rings. The average Bonchev–Trinajstić information content (AvgIpc) is 2.93. The molecular weight excluding hydrogens is 270 g/mol. The molecule has 2 aromatic rings. The number of hydrogen-bond donors (Lipinski definition) is 1. The van der Waals surface area contributed by atoms with Gasteiger partial charge >= 0.3 is 0 Å². The molecule has 108 valence electrons. The highest BCUT2D eigenvalue weighted by molar-refractivity contribution is 7.97. The SMILES string of the molecule is COc1ccc(C(C)NCc2ccc(CSC)o2)cc1. The Kier molecular flexibility index (Phi) is 5.56. The predicted molar refractivity (Wildman–Crippen MR) is 84.2 cm³/mol. The number of nitrogens with one attached hydrogen (secondary N) is 1. The Bertz CT molecular complexity index is 522. The lowest BCUT2D eigenvalue weighted by molar-refractivity contribution is 0.414. The van der Waals surface area contributed by atoms with Gasteiger partial charge in [0.05, 0.1) is 19.4 Å². The van der Waals surface area contributed by atoms with E-state index in [2.05, 4.69) is 30.6 Å². The number of hydrogen-bond acceptors (Lipinski definition) is 4. The van der Waals surface area contributed by atoms with Crippen LogP contribution in [0.3, 0.4) is 0 Å². The molecular formula is C16H21NO2S. The van der Waals surface area contributed by atoms with Gasteiger partial charge in [-0.05, 0) is 43.0 Å². The summed E-state index contributed by atoms with van der Waals surface area (Å²) >= 11 is 1.77. The Morgan fingerprint density at radius 2 is 1.85 bits per heavy atom. The molecule has 3 nitrogen and oxygen atoms in total. The molecule has 1 atom stereocenters. The van der Waals surface area contributed by atoms with Crippen LogP contribution in [0, 0.1) is 0 Å². The molecule has 0 radical (unpaired) electrons. The maximum atomic E-state index is 5.74. The first-order chi connectivity index (χ1) is 9.72. The third kappa shape index (κ3) is 4.05. The van der Waals surface area contributed by atoms with Crippen LogP contribution < -0.4 is 10.1 Å². The van der Waals surface area contributed by atoms with Gasteiger partial charge in [-0.25, -0.2) is 0 Å². The van der Waals surface area contributed by atoms with Gasteiger partial charge in [0.25, 0.3) is 0 Å². The van der Waals surface area contributed by atoms with Gasteiger partial charge in [-0.2, -0.15) is 11.8 Å². The highest BCUT2D eigenvalue weighted by Gasteiger charge is 2.07. The zero-order valence-corrected chi connectivity index (χ0v) is 13.0. The summed E-state index contributed by atoms with van der Waals surface area (Å²) in [6.07, 6.45) is 2.08. The molecule has 0 aliphatic carbocycles. The molecule has 2 rings (SSSR count). The summed E-state index contributed by atoms with van der Waals surface area (Å²) in [4.78, 5) is 0. The third-order valence-electron chi connectivity index (χ3n) is 3.20. The van der Waals surface area contributed by atoms with Crippen molar-refractivity contribution in [3.05, 3.63) is 53.5 Å². The molecule has 0 amide bonds. The Morgan fingerprint density at radius 1 is 1.15 bits per heavy atom. The van der Waals surface area contributed by atoms with Gasteiger partial charge in [-0.3, -0.25) is 0 Å². The predicted octanol–water partition coefficient (Wildman–Crippen LogP) is 4.00. The second-order valence-corrected chi connectivity index (χ2v) is 5.54.